The van der Waals surface area contributed by atoms with E-state index in [9.17, 15) is 16.8 Å². The average Bonchev–Trinajstić information content (AvgIpc) is 2.59. The van der Waals surface area contributed by atoms with Gasteiger partial charge in [-0.1, -0.05) is 12.1 Å². The van der Waals surface area contributed by atoms with Crippen LogP contribution in [0.15, 0.2) is 24.3 Å². The fourth-order valence-electron chi connectivity index (χ4n) is 2.07. The van der Waals surface area contributed by atoms with Gasteiger partial charge in [0.15, 0.2) is 9.84 Å². The first-order valence-corrected chi connectivity index (χ1v) is 9.34. The third kappa shape index (κ3) is 4.48. The average molecular weight is 304 g/mol. The second-order valence-corrected chi connectivity index (χ2v) is 8.59. The molecule has 8 heteroatoms. The molecule has 1 aliphatic heterocycles. The van der Waals surface area contributed by atoms with Gasteiger partial charge in [0, 0.05) is 11.7 Å². The summed E-state index contributed by atoms with van der Waals surface area (Å²) in [6.45, 7) is 0. The molecule has 1 saturated heterocycles. The monoisotopic (exact) mass is 304 g/mol. The molecule has 0 saturated carbocycles. The van der Waals surface area contributed by atoms with Gasteiger partial charge in [0.05, 0.1) is 17.3 Å². The van der Waals surface area contributed by atoms with E-state index in [4.69, 9.17) is 5.14 Å². The Labute approximate surface area is 113 Å². The van der Waals surface area contributed by atoms with Crippen LogP contribution in [0.25, 0.3) is 0 Å². The van der Waals surface area contributed by atoms with E-state index in [0.717, 1.165) is 5.69 Å². The molecule has 0 radical (unpaired) electrons. The second-order valence-electron chi connectivity index (χ2n) is 4.75. The minimum atomic E-state index is -3.53. The van der Waals surface area contributed by atoms with Crippen LogP contribution in [0.5, 0.6) is 0 Å². The molecule has 2 rings (SSSR count). The number of sulfone groups is 1. The Bertz CT molecular complexity index is 650. The third-order valence-corrected chi connectivity index (χ3v) is 5.43. The van der Waals surface area contributed by atoms with Crippen LogP contribution in [0.2, 0.25) is 0 Å². The van der Waals surface area contributed by atoms with Gasteiger partial charge >= 0.3 is 0 Å². The maximum Gasteiger partial charge on any atom is 0.213 e. The van der Waals surface area contributed by atoms with Gasteiger partial charge in [-0.3, -0.25) is 0 Å². The van der Waals surface area contributed by atoms with Crippen LogP contribution in [-0.4, -0.2) is 34.4 Å². The van der Waals surface area contributed by atoms with Crippen molar-refractivity contribution >= 4 is 25.5 Å². The first-order chi connectivity index (χ1) is 8.73. The van der Waals surface area contributed by atoms with Gasteiger partial charge in [0.25, 0.3) is 0 Å². The molecule has 1 unspecified atom stereocenters. The van der Waals surface area contributed by atoms with Crippen LogP contribution in [0.4, 0.5) is 5.69 Å². The van der Waals surface area contributed by atoms with Crippen molar-refractivity contribution in [1.29, 1.82) is 0 Å². The maximum atomic E-state index is 11.3. The van der Waals surface area contributed by atoms with Crippen molar-refractivity contribution in [2.24, 2.45) is 5.14 Å². The molecule has 0 aliphatic carbocycles. The molecule has 1 aromatic rings. The molecule has 0 bridgehead atoms. The number of primary sulfonamides is 1. The van der Waals surface area contributed by atoms with Crippen molar-refractivity contribution in [1.82, 2.24) is 0 Å². The summed E-state index contributed by atoms with van der Waals surface area (Å²) in [6.07, 6.45) is 0.598. The Morgan fingerprint density at radius 2 is 1.89 bits per heavy atom. The van der Waals surface area contributed by atoms with Crippen molar-refractivity contribution < 1.29 is 16.8 Å². The molecule has 19 heavy (non-hydrogen) atoms. The molecule has 1 atom stereocenters. The summed E-state index contributed by atoms with van der Waals surface area (Å²) in [7, 11) is -6.43. The lowest BCUT2D eigenvalue weighted by Crippen LogP contribution is -2.20. The van der Waals surface area contributed by atoms with Gasteiger partial charge in [-0.05, 0) is 24.1 Å². The number of benzene rings is 1. The molecule has 1 aromatic carbocycles. The molecule has 1 heterocycles. The topological polar surface area (TPSA) is 106 Å². The highest BCUT2D eigenvalue weighted by molar-refractivity contribution is 7.91. The van der Waals surface area contributed by atoms with E-state index < -0.39 is 19.9 Å². The molecule has 106 valence electrons. The first-order valence-electron chi connectivity index (χ1n) is 5.80. The zero-order valence-electron chi connectivity index (χ0n) is 10.2. The highest BCUT2D eigenvalue weighted by Crippen LogP contribution is 2.18. The van der Waals surface area contributed by atoms with Crippen molar-refractivity contribution in [3.05, 3.63) is 29.8 Å². The molecule has 0 amide bonds. The van der Waals surface area contributed by atoms with E-state index in [2.05, 4.69) is 5.32 Å². The maximum absolute atomic E-state index is 11.3. The number of nitrogens with one attached hydrogen (secondary N) is 1. The minimum absolute atomic E-state index is 0.0749. The number of rotatable bonds is 4. The number of hydrogen-bond acceptors (Lipinski definition) is 5. The van der Waals surface area contributed by atoms with Crippen LogP contribution in [0.1, 0.15) is 12.0 Å². The summed E-state index contributed by atoms with van der Waals surface area (Å²) in [5, 5.41) is 8.08. The lowest BCUT2D eigenvalue weighted by molar-refractivity contribution is 0.596. The fourth-order valence-corrected chi connectivity index (χ4v) is 4.40. The summed E-state index contributed by atoms with van der Waals surface area (Å²) in [5.41, 5.74) is 1.38. The predicted octanol–water partition coefficient (Wildman–Crippen LogP) is 0.0741. The van der Waals surface area contributed by atoms with E-state index in [-0.39, 0.29) is 23.3 Å². The Hall–Kier alpha value is -1.12. The van der Waals surface area contributed by atoms with Crippen molar-refractivity contribution in [2.45, 2.75) is 18.2 Å². The summed E-state index contributed by atoms with van der Waals surface area (Å²) < 4.78 is 44.5. The van der Waals surface area contributed by atoms with Crippen LogP contribution in [0.3, 0.4) is 0 Å². The molecule has 1 fully saturated rings. The second kappa shape index (κ2) is 5.10. The van der Waals surface area contributed by atoms with Crippen LogP contribution in [0, 0.1) is 0 Å². The van der Waals surface area contributed by atoms with E-state index in [1.54, 1.807) is 24.3 Å². The molecule has 0 aromatic heterocycles. The van der Waals surface area contributed by atoms with Crippen LogP contribution >= 0.6 is 0 Å². The Balaban J connectivity index is 2.00. The smallest absolute Gasteiger partial charge is 0.213 e. The Morgan fingerprint density at radius 1 is 1.26 bits per heavy atom. The van der Waals surface area contributed by atoms with Crippen molar-refractivity contribution in [3.8, 4) is 0 Å². The molecular formula is C11H16N2O4S2. The third-order valence-electron chi connectivity index (χ3n) is 2.93. The van der Waals surface area contributed by atoms with E-state index >= 15 is 0 Å². The molecule has 3 N–H and O–H groups in total. The zero-order chi connectivity index (χ0) is 14.1. The Morgan fingerprint density at radius 3 is 2.37 bits per heavy atom. The zero-order valence-corrected chi connectivity index (χ0v) is 11.9. The lowest BCUT2D eigenvalue weighted by atomic mass is 10.2. The molecule has 6 nitrogen and oxygen atoms in total. The van der Waals surface area contributed by atoms with Gasteiger partial charge in [0.2, 0.25) is 10.0 Å². The molecular weight excluding hydrogens is 288 g/mol. The van der Waals surface area contributed by atoms with Gasteiger partial charge in [0.1, 0.15) is 0 Å². The molecule has 0 spiro atoms. The van der Waals surface area contributed by atoms with Gasteiger partial charge in [-0.25, -0.2) is 22.0 Å². The summed E-state index contributed by atoms with van der Waals surface area (Å²) in [4.78, 5) is 0. The number of sulfonamides is 1. The number of hydrogen-bond donors (Lipinski definition) is 2. The number of anilines is 1. The van der Waals surface area contributed by atoms with Crippen LogP contribution in [-0.2, 0) is 25.6 Å². The van der Waals surface area contributed by atoms with E-state index in [1.165, 1.54) is 0 Å². The van der Waals surface area contributed by atoms with Gasteiger partial charge in [-0.15, -0.1) is 0 Å². The Kier molecular flexibility index (Phi) is 3.84. The van der Waals surface area contributed by atoms with Crippen LogP contribution < -0.4 is 10.5 Å². The lowest BCUT2D eigenvalue weighted by Gasteiger charge is -2.12. The minimum Gasteiger partial charge on any atom is -0.381 e. The highest BCUT2D eigenvalue weighted by atomic mass is 32.2. The summed E-state index contributed by atoms with van der Waals surface area (Å²) >= 11 is 0. The molecule has 1 aliphatic rings. The van der Waals surface area contributed by atoms with Crippen molar-refractivity contribution in [3.63, 3.8) is 0 Å². The standard InChI is InChI=1S/C11H16N2O4S2/c12-19(16,17)7-9-1-3-10(4-2-9)13-11-5-6-18(14,15)8-11/h1-4,11,13H,5-8H2,(H2,12,16,17). The number of nitrogens with two attached hydrogens (primary N) is 1. The summed E-state index contributed by atoms with van der Waals surface area (Å²) in [5.74, 6) is 0.158. The highest BCUT2D eigenvalue weighted by Gasteiger charge is 2.27. The normalized spacial score (nSPS) is 22.3. The largest absolute Gasteiger partial charge is 0.381 e. The van der Waals surface area contributed by atoms with Gasteiger partial charge < -0.3 is 5.32 Å². The van der Waals surface area contributed by atoms with E-state index in [1.807, 2.05) is 0 Å². The first kappa shape index (κ1) is 14.3. The summed E-state index contributed by atoms with van der Waals surface area (Å²) in [6, 6.07) is 6.71. The SMILES string of the molecule is NS(=O)(=O)Cc1ccc(NC2CCS(=O)(=O)C2)cc1. The predicted molar refractivity (Wildman–Crippen MR) is 73.9 cm³/mol. The fraction of sp³-hybridized carbons (Fsp3) is 0.455. The van der Waals surface area contributed by atoms with Gasteiger partial charge in [-0.2, -0.15) is 0 Å². The quantitative estimate of drug-likeness (QED) is 0.819. The van der Waals surface area contributed by atoms with E-state index in [0.29, 0.717) is 12.0 Å². The van der Waals surface area contributed by atoms with Crippen molar-refractivity contribution in [2.75, 3.05) is 16.8 Å².